The van der Waals surface area contributed by atoms with E-state index in [2.05, 4.69) is 84.3 Å². The summed E-state index contributed by atoms with van der Waals surface area (Å²) < 4.78 is 8.36. The highest BCUT2D eigenvalue weighted by Gasteiger charge is 2.27. The summed E-state index contributed by atoms with van der Waals surface area (Å²) in [6.45, 7) is 12.2. The van der Waals surface area contributed by atoms with Gasteiger partial charge in [-0.05, 0) is 60.4 Å². The zero-order chi connectivity index (χ0) is 31.8. The minimum absolute atomic E-state index is 0.0162. The number of morpholine rings is 1. The van der Waals surface area contributed by atoms with Gasteiger partial charge in [0, 0.05) is 61.4 Å². The Bertz CT molecular complexity index is 1530. The second-order valence-electron chi connectivity index (χ2n) is 12.7. The third-order valence-electron chi connectivity index (χ3n) is 8.84. The van der Waals surface area contributed by atoms with Gasteiger partial charge in [0.15, 0.2) is 5.78 Å². The van der Waals surface area contributed by atoms with Crippen LogP contribution >= 0.6 is 11.3 Å². The summed E-state index contributed by atoms with van der Waals surface area (Å²) in [6.07, 6.45) is 3.57. The first-order chi connectivity index (χ1) is 21.8. The van der Waals surface area contributed by atoms with Gasteiger partial charge in [-0.3, -0.25) is 14.5 Å². The summed E-state index contributed by atoms with van der Waals surface area (Å²) >= 11 is 1.74. The fourth-order valence-electron chi connectivity index (χ4n) is 6.52. The normalized spacial score (nSPS) is 16.4. The number of carbonyl (C=O) groups excluding carboxylic acids is 2. The molecule has 2 atom stereocenters. The molecule has 0 spiro atoms. The molecule has 1 amide bonds. The molecule has 1 aliphatic rings. The maximum Gasteiger partial charge on any atom is 0.223 e. The van der Waals surface area contributed by atoms with Crippen LogP contribution in [0.5, 0.6) is 0 Å². The summed E-state index contributed by atoms with van der Waals surface area (Å²) in [5.41, 5.74) is 3.81. The Morgan fingerprint density at radius 2 is 1.87 bits per heavy atom. The Hall–Kier alpha value is -3.33. The van der Waals surface area contributed by atoms with Gasteiger partial charge in [0.2, 0.25) is 5.91 Å². The number of nitrogens with zero attached hydrogens (tertiary/aromatic N) is 3. The van der Waals surface area contributed by atoms with E-state index < -0.39 is 5.92 Å². The summed E-state index contributed by atoms with van der Waals surface area (Å²) in [5, 5.41) is 5.23. The molecule has 0 radical (unpaired) electrons. The van der Waals surface area contributed by atoms with E-state index in [-0.39, 0.29) is 24.2 Å². The molecule has 0 aliphatic carbocycles. The van der Waals surface area contributed by atoms with E-state index in [1.54, 1.807) is 11.3 Å². The van der Waals surface area contributed by atoms with E-state index in [1.807, 2.05) is 24.3 Å². The number of hydrogen-bond acceptors (Lipinski definition) is 6. The highest BCUT2D eigenvalue weighted by atomic mass is 32.1. The number of thiophene rings is 1. The summed E-state index contributed by atoms with van der Waals surface area (Å²) in [7, 11) is 0. The molecule has 8 heteroatoms. The molecule has 0 bridgehead atoms. The fourth-order valence-corrected chi connectivity index (χ4v) is 7.22. The Labute approximate surface area is 272 Å². The molecule has 3 heterocycles. The van der Waals surface area contributed by atoms with Crippen molar-refractivity contribution in [1.29, 1.82) is 0 Å². The van der Waals surface area contributed by atoms with E-state index in [1.165, 1.54) is 10.4 Å². The van der Waals surface area contributed by atoms with Crippen molar-refractivity contribution < 1.29 is 14.3 Å². The van der Waals surface area contributed by atoms with Crippen LogP contribution in [0.15, 0.2) is 66.0 Å². The number of hydrogen-bond donors (Lipinski definition) is 1. The molecule has 45 heavy (non-hydrogen) atoms. The second kappa shape index (κ2) is 15.8. The number of imidazole rings is 1. The van der Waals surface area contributed by atoms with Crippen LogP contribution in [0.1, 0.15) is 86.0 Å². The molecule has 7 nitrogen and oxygen atoms in total. The molecule has 2 aromatic carbocycles. The van der Waals surface area contributed by atoms with Gasteiger partial charge in [-0.25, -0.2) is 4.98 Å². The zero-order valence-corrected chi connectivity index (χ0v) is 28.0. The summed E-state index contributed by atoms with van der Waals surface area (Å²) in [5.74, 6) is 0.846. The van der Waals surface area contributed by atoms with Gasteiger partial charge in [-0.2, -0.15) is 0 Å². The van der Waals surface area contributed by atoms with Crippen molar-refractivity contribution in [3.8, 4) is 0 Å². The van der Waals surface area contributed by atoms with Crippen molar-refractivity contribution in [1.82, 2.24) is 19.8 Å². The molecule has 1 N–H and O–H groups in total. The Balaban J connectivity index is 1.25. The van der Waals surface area contributed by atoms with Crippen LogP contribution in [0.3, 0.4) is 0 Å². The minimum Gasteiger partial charge on any atom is -0.374 e. The molecule has 2 aromatic heterocycles. The van der Waals surface area contributed by atoms with Crippen LogP contribution in [0.25, 0.3) is 11.0 Å². The molecular weight excluding hydrogens is 580 g/mol. The molecule has 0 saturated carbocycles. The SMILES string of the molecule is CCC(CC)n1c(Cc2cccs2)nc2cc(C(=O)C[C@@H](CC(C)C)C(=O)NCC3CN(Cc4ccccc4)CCO3)ccc21. The highest BCUT2D eigenvalue weighted by Crippen LogP contribution is 2.29. The summed E-state index contributed by atoms with van der Waals surface area (Å²) in [6, 6.07) is 20.9. The maximum atomic E-state index is 13.7. The lowest BCUT2D eigenvalue weighted by molar-refractivity contribution is -0.126. The van der Waals surface area contributed by atoms with Crippen molar-refractivity contribution >= 4 is 34.1 Å². The van der Waals surface area contributed by atoms with Crippen LogP contribution in [0, 0.1) is 11.8 Å². The number of nitrogens with one attached hydrogen (secondary N) is 1. The number of ketones is 1. The van der Waals surface area contributed by atoms with Crippen LogP contribution in [0.4, 0.5) is 0 Å². The van der Waals surface area contributed by atoms with Crippen LogP contribution in [-0.4, -0.2) is 58.5 Å². The number of aromatic nitrogens is 2. The van der Waals surface area contributed by atoms with Gasteiger partial charge in [0.05, 0.1) is 23.7 Å². The van der Waals surface area contributed by atoms with E-state index in [4.69, 9.17) is 9.72 Å². The first-order valence-corrected chi connectivity index (χ1v) is 17.4. The maximum absolute atomic E-state index is 13.7. The zero-order valence-electron chi connectivity index (χ0n) is 27.2. The number of rotatable bonds is 15. The number of ether oxygens (including phenoxy) is 1. The lowest BCUT2D eigenvalue weighted by atomic mass is 9.89. The molecule has 240 valence electrons. The van der Waals surface area contributed by atoms with E-state index in [0.717, 1.165) is 55.8 Å². The predicted octanol–water partition coefficient (Wildman–Crippen LogP) is 7.30. The monoisotopic (exact) mass is 628 g/mol. The Morgan fingerprint density at radius 1 is 1.07 bits per heavy atom. The number of fused-ring (bicyclic) bond motifs is 1. The van der Waals surface area contributed by atoms with Crippen LogP contribution < -0.4 is 5.32 Å². The quantitative estimate of drug-likeness (QED) is 0.140. The second-order valence-corrected chi connectivity index (χ2v) is 13.8. The van der Waals surface area contributed by atoms with Gasteiger partial charge in [-0.15, -0.1) is 11.3 Å². The van der Waals surface area contributed by atoms with Crippen molar-refractivity contribution in [2.45, 2.75) is 78.5 Å². The van der Waals surface area contributed by atoms with Gasteiger partial charge in [-0.1, -0.05) is 64.1 Å². The average molecular weight is 629 g/mol. The smallest absolute Gasteiger partial charge is 0.223 e. The van der Waals surface area contributed by atoms with E-state index in [9.17, 15) is 9.59 Å². The molecule has 1 unspecified atom stereocenters. The van der Waals surface area contributed by atoms with Gasteiger partial charge in [0.1, 0.15) is 5.82 Å². The van der Waals surface area contributed by atoms with E-state index >= 15 is 0 Å². The number of benzene rings is 2. The first kappa shape index (κ1) is 33.0. The summed E-state index contributed by atoms with van der Waals surface area (Å²) in [4.78, 5) is 35.8. The lowest BCUT2D eigenvalue weighted by Crippen LogP contribution is -2.48. The highest BCUT2D eigenvalue weighted by molar-refractivity contribution is 7.09. The molecule has 1 fully saturated rings. The predicted molar refractivity (Wildman–Crippen MR) is 183 cm³/mol. The molecule has 1 aliphatic heterocycles. The molecule has 4 aromatic rings. The lowest BCUT2D eigenvalue weighted by Gasteiger charge is -2.33. The molecule has 1 saturated heterocycles. The molecular formula is C37H48N4O3S. The van der Waals surface area contributed by atoms with Gasteiger partial charge >= 0.3 is 0 Å². The minimum atomic E-state index is -0.395. The average Bonchev–Trinajstić information content (AvgIpc) is 3.68. The Morgan fingerprint density at radius 3 is 2.58 bits per heavy atom. The largest absolute Gasteiger partial charge is 0.374 e. The first-order valence-electron chi connectivity index (χ1n) is 16.6. The van der Waals surface area contributed by atoms with Crippen LogP contribution in [0.2, 0.25) is 0 Å². The van der Waals surface area contributed by atoms with Gasteiger partial charge < -0.3 is 14.6 Å². The fraction of sp³-hybridized carbons (Fsp3) is 0.486. The van der Waals surface area contributed by atoms with Gasteiger partial charge in [0.25, 0.3) is 0 Å². The van der Waals surface area contributed by atoms with Crippen molar-refractivity contribution in [3.63, 3.8) is 0 Å². The van der Waals surface area contributed by atoms with Crippen molar-refractivity contribution in [2.24, 2.45) is 11.8 Å². The number of Topliss-reactive ketones (excluding diaryl/α,β-unsaturated/α-hetero) is 1. The standard InChI is InChI=1S/C37H48N4O3S/c1-5-30(6-2)41-34-15-14-28(20-33(34)39-36(41)22-32-13-10-18-45-32)35(42)21-29(19-26(3)4)37(43)38-23-31-25-40(16-17-44-31)24-27-11-8-7-9-12-27/h7-15,18,20,26,29-31H,5-6,16-17,19,21-25H2,1-4H3,(H,38,43)/t29-,31?/m1/s1. The third kappa shape index (κ3) is 8.69. The number of carbonyl (C=O) groups is 2. The van der Waals surface area contributed by atoms with Crippen LogP contribution in [-0.2, 0) is 22.5 Å². The number of amides is 1. The molecule has 5 rings (SSSR count). The van der Waals surface area contributed by atoms with Crippen molar-refractivity contribution in [2.75, 3.05) is 26.2 Å². The topological polar surface area (TPSA) is 76.5 Å². The Kier molecular flexibility index (Phi) is 11.6. The van der Waals surface area contributed by atoms with Crippen molar-refractivity contribution in [3.05, 3.63) is 87.9 Å². The van der Waals surface area contributed by atoms with E-state index in [0.29, 0.717) is 37.1 Å². The third-order valence-corrected chi connectivity index (χ3v) is 9.72.